The Morgan fingerprint density at radius 3 is 2.71 bits per heavy atom. The van der Waals surface area contributed by atoms with Crippen LogP contribution in [0, 0.1) is 17.8 Å². The van der Waals surface area contributed by atoms with Crippen molar-refractivity contribution in [1.29, 1.82) is 0 Å². The molecule has 2 heterocycles. The molecule has 1 spiro atoms. The molecule has 2 aromatic rings. The zero-order chi connectivity index (χ0) is 31.0. The van der Waals surface area contributed by atoms with Crippen molar-refractivity contribution in [2.45, 2.75) is 114 Å². The van der Waals surface area contributed by atoms with E-state index in [4.69, 9.17) is 9.47 Å². The van der Waals surface area contributed by atoms with Crippen molar-refractivity contribution in [1.82, 2.24) is 5.43 Å². The smallest absolute Gasteiger partial charge is 0.270 e. The van der Waals surface area contributed by atoms with Crippen LogP contribution in [0.2, 0.25) is 0 Å². The number of aliphatic hydroxyl groups excluding tert-OH is 1. The molecule has 5 aliphatic rings. The van der Waals surface area contributed by atoms with Gasteiger partial charge in [-0.25, -0.2) is 10.0 Å². The van der Waals surface area contributed by atoms with Crippen molar-refractivity contribution in [2.75, 3.05) is 20.2 Å². The van der Waals surface area contributed by atoms with Crippen molar-refractivity contribution in [3.05, 3.63) is 71.8 Å². The number of piperidine rings is 1. The average molecular weight is 614 g/mol. The molecule has 6 nitrogen and oxygen atoms in total. The number of hydrogen-bond acceptors (Lipinski definition) is 4. The third-order valence-corrected chi connectivity index (χ3v) is 12.6. The highest BCUT2D eigenvalue weighted by atomic mass is 16.5. The van der Waals surface area contributed by atoms with E-state index in [1.165, 1.54) is 48.8 Å². The molecule has 3 fully saturated rings. The molecule has 45 heavy (non-hydrogen) atoms. The van der Waals surface area contributed by atoms with E-state index < -0.39 is 12.0 Å². The maximum Gasteiger partial charge on any atom is 0.270 e. The Morgan fingerprint density at radius 2 is 1.93 bits per heavy atom. The van der Waals surface area contributed by atoms with Crippen molar-refractivity contribution in [2.24, 2.45) is 17.8 Å². The Balaban J connectivity index is 1.17. The van der Waals surface area contributed by atoms with Crippen LogP contribution in [0.15, 0.2) is 55.1 Å². The van der Waals surface area contributed by atoms with Crippen LogP contribution in [0.3, 0.4) is 0 Å². The van der Waals surface area contributed by atoms with E-state index in [1.807, 2.05) is 12.1 Å². The van der Waals surface area contributed by atoms with Gasteiger partial charge in [0.1, 0.15) is 25.2 Å². The first-order valence-corrected chi connectivity index (χ1v) is 17.9. The molecule has 2 N–H and O–H groups in total. The fourth-order valence-electron chi connectivity index (χ4n) is 10.4. The summed E-state index contributed by atoms with van der Waals surface area (Å²) in [6.07, 6.45) is 16.4. The van der Waals surface area contributed by atoms with E-state index in [0.717, 1.165) is 63.0 Å². The topological polar surface area (TPSA) is 67.8 Å². The van der Waals surface area contributed by atoms with Crippen molar-refractivity contribution in [3.63, 3.8) is 0 Å². The van der Waals surface area contributed by atoms with E-state index in [9.17, 15) is 9.90 Å². The zero-order valence-corrected chi connectivity index (χ0v) is 27.2. The SMILES string of the molecule is C=CC[N+]1(NC(=O)C(CCc2ccccc2)C(O)CCC2CCCCC2)CC[C@]23c4c5ccc(OC)c4O[C@H]2CCC[C@H]3[C@H]1C5. The van der Waals surface area contributed by atoms with Crippen LogP contribution >= 0.6 is 0 Å². The third kappa shape index (κ3) is 5.40. The summed E-state index contributed by atoms with van der Waals surface area (Å²) in [7, 11) is 1.74. The number of carbonyl (C=O) groups is 1. The Labute approximate surface area is 269 Å². The molecule has 1 amide bonds. The minimum absolute atomic E-state index is 0.0103. The number of amides is 1. The first kappa shape index (κ1) is 30.8. The summed E-state index contributed by atoms with van der Waals surface area (Å²) in [6.45, 7) is 5.72. The average Bonchev–Trinajstić information content (AvgIpc) is 3.41. The molecule has 242 valence electrons. The van der Waals surface area contributed by atoms with Crippen molar-refractivity contribution >= 4 is 5.91 Å². The van der Waals surface area contributed by atoms with E-state index in [1.54, 1.807) is 7.11 Å². The van der Waals surface area contributed by atoms with Crippen LogP contribution in [-0.2, 0) is 23.1 Å². The lowest BCUT2D eigenvalue weighted by Gasteiger charge is -2.60. The number of rotatable bonds is 12. The van der Waals surface area contributed by atoms with Gasteiger partial charge in [-0.15, -0.1) is 0 Å². The molecule has 2 aliphatic heterocycles. The Kier molecular flexibility index (Phi) is 8.73. The van der Waals surface area contributed by atoms with E-state index in [0.29, 0.717) is 35.8 Å². The largest absolute Gasteiger partial charge is 0.493 e. The second-order valence-corrected chi connectivity index (χ2v) is 14.8. The lowest BCUT2D eigenvalue weighted by atomic mass is 9.51. The van der Waals surface area contributed by atoms with Gasteiger partial charge in [0.25, 0.3) is 5.91 Å². The van der Waals surface area contributed by atoms with Crippen LogP contribution in [0.5, 0.6) is 11.5 Å². The van der Waals surface area contributed by atoms with Crippen LogP contribution < -0.4 is 14.9 Å². The van der Waals surface area contributed by atoms with Crippen LogP contribution in [0.25, 0.3) is 0 Å². The number of nitrogens with one attached hydrogen (secondary N) is 1. The summed E-state index contributed by atoms with van der Waals surface area (Å²) < 4.78 is 13.1. The summed E-state index contributed by atoms with van der Waals surface area (Å²) >= 11 is 0. The maximum atomic E-state index is 14.6. The minimum atomic E-state index is -0.639. The fraction of sp³-hybridized carbons (Fsp3) is 0.615. The van der Waals surface area contributed by atoms with Crippen molar-refractivity contribution < 1.29 is 24.0 Å². The van der Waals surface area contributed by atoms with Crippen molar-refractivity contribution in [3.8, 4) is 11.5 Å². The number of hydrogen-bond donors (Lipinski definition) is 2. The lowest BCUT2D eigenvalue weighted by molar-refractivity contribution is -0.989. The van der Waals surface area contributed by atoms with Crippen LogP contribution in [-0.4, -0.2) is 54.1 Å². The van der Waals surface area contributed by atoms with Gasteiger partial charge >= 0.3 is 0 Å². The number of likely N-dealkylation sites (tertiary alicyclic amines) is 1. The predicted octanol–water partition coefficient (Wildman–Crippen LogP) is 6.83. The number of aliphatic hydroxyl groups is 1. The summed E-state index contributed by atoms with van der Waals surface area (Å²) in [5, 5.41) is 11.7. The molecule has 2 bridgehead atoms. The lowest BCUT2D eigenvalue weighted by Crippen LogP contribution is -2.77. The third-order valence-electron chi connectivity index (χ3n) is 12.6. The van der Waals surface area contributed by atoms with Gasteiger partial charge in [0.05, 0.1) is 24.5 Å². The normalized spacial score (nSPS) is 31.3. The van der Waals surface area contributed by atoms with Gasteiger partial charge in [0, 0.05) is 24.3 Å². The molecule has 7 atom stereocenters. The number of aryl methyl sites for hydroxylation is 1. The number of ether oxygens (including phenoxy) is 2. The molecule has 3 unspecified atom stereocenters. The molecule has 0 radical (unpaired) electrons. The molecule has 7 rings (SSSR count). The van der Waals surface area contributed by atoms with Gasteiger partial charge in [-0.05, 0) is 74.1 Å². The highest BCUT2D eigenvalue weighted by Gasteiger charge is 2.68. The first-order chi connectivity index (χ1) is 22.0. The molecule has 2 saturated carbocycles. The quantitative estimate of drug-likeness (QED) is 0.204. The van der Waals surface area contributed by atoms with Gasteiger partial charge in [-0.1, -0.05) is 75.1 Å². The van der Waals surface area contributed by atoms with E-state index >= 15 is 0 Å². The molecule has 2 aromatic carbocycles. The van der Waals surface area contributed by atoms with Gasteiger partial charge in [0.2, 0.25) is 0 Å². The highest BCUT2D eigenvalue weighted by molar-refractivity contribution is 5.78. The minimum Gasteiger partial charge on any atom is -0.493 e. The standard InChI is InChI=1S/C39H52N2O4/c1-3-24-41(25-23-39-31-15-10-16-35(39)45-37-34(44-2)22-19-29(36(37)39)26-32(31)41)40-38(43)30(20-17-27-11-6-4-7-12-27)33(42)21-18-28-13-8-5-9-14-28/h3-4,6-7,11-12,19,22,28,30-33,35,42H,1,5,8-10,13-18,20-21,23-26H2,2H3/p+1/t30?,31-,32+,33?,35-,39+,41?/m0/s1. The first-order valence-electron chi connectivity index (χ1n) is 17.9. The second kappa shape index (κ2) is 12.8. The zero-order valence-electron chi connectivity index (χ0n) is 27.2. The highest BCUT2D eigenvalue weighted by Crippen LogP contribution is 2.64. The van der Waals surface area contributed by atoms with Crippen LogP contribution in [0.1, 0.15) is 93.7 Å². The number of nitrogens with zero attached hydrogens (tertiary/aromatic N) is 1. The summed E-state index contributed by atoms with van der Waals surface area (Å²) in [5.41, 5.74) is 7.61. The number of quaternary nitrogens is 1. The van der Waals surface area contributed by atoms with E-state index in [2.05, 4.69) is 48.4 Å². The van der Waals surface area contributed by atoms with Gasteiger partial charge in [0.15, 0.2) is 11.5 Å². The Bertz CT molecular complexity index is 1370. The monoisotopic (exact) mass is 613 g/mol. The van der Waals surface area contributed by atoms with Gasteiger partial charge < -0.3 is 14.6 Å². The Hall–Kier alpha value is -2.83. The predicted molar refractivity (Wildman–Crippen MR) is 177 cm³/mol. The fourth-order valence-corrected chi connectivity index (χ4v) is 10.4. The molecule has 3 aliphatic carbocycles. The van der Waals surface area contributed by atoms with Gasteiger partial charge in [-0.2, -0.15) is 0 Å². The summed E-state index contributed by atoms with van der Waals surface area (Å²) in [4.78, 5) is 14.6. The van der Waals surface area contributed by atoms with E-state index in [-0.39, 0.29) is 23.5 Å². The number of benzene rings is 2. The number of methoxy groups -OCH3 is 1. The molecule has 6 heteroatoms. The summed E-state index contributed by atoms with van der Waals surface area (Å²) in [6, 6.07) is 15.0. The molecule has 0 aromatic heterocycles. The Morgan fingerprint density at radius 1 is 1.11 bits per heavy atom. The van der Waals surface area contributed by atoms with Gasteiger partial charge in [-0.3, -0.25) is 4.79 Å². The molecular weight excluding hydrogens is 560 g/mol. The van der Waals surface area contributed by atoms with Crippen LogP contribution in [0.4, 0.5) is 0 Å². The maximum absolute atomic E-state index is 14.6. The number of carbonyl (C=O) groups excluding carboxylic acids is 1. The molecule has 1 saturated heterocycles. The molecular formula is C39H53N2O4+. The second-order valence-electron chi connectivity index (χ2n) is 14.8. The summed E-state index contributed by atoms with van der Waals surface area (Å²) in [5.74, 6) is 2.50.